The molecule has 1 aromatic carbocycles. The molecular weight excluding hydrogens is 465 g/mol. The number of anilines is 3. The van der Waals surface area contributed by atoms with Gasteiger partial charge in [-0.3, -0.25) is 9.48 Å². The minimum absolute atomic E-state index is 0.00493. The molecule has 36 heavy (non-hydrogen) atoms. The van der Waals surface area contributed by atoms with Crippen LogP contribution in [0.15, 0.2) is 30.6 Å². The summed E-state index contributed by atoms with van der Waals surface area (Å²) in [5.41, 5.74) is 9.56. The van der Waals surface area contributed by atoms with E-state index in [-0.39, 0.29) is 24.7 Å². The molecule has 3 aromatic heterocycles. The van der Waals surface area contributed by atoms with Crippen molar-refractivity contribution in [2.45, 2.75) is 32.4 Å². The van der Waals surface area contributed by atoms with Gasteiger partial charge in [0.1, 0.15) is 19.0 Å². The van der Waals surface area contributed by atoms with Crippen LogP contribution in [0.5, 0.6) is 5.88 Å². The second kappa shape index (κ2) is 8.45. The van der Waals surface area contributed by atoms with Crippen LogP contribution in [0.4, 0.5) is 21.7 Å². The molecule has 0 saturated heterocycles. The number of halogens is 1. The third kappa shape index (κ3) is 3.77. The molecule has 1 amide bonds. The van der Waals surface area contributed by atoms with Gasteiger partial charge in [0.05, 0.1) is 11.8 Å². The summed E-state index contributed by atoms with van der Waals surface area (Å²) in [6, 6.07) is 5.38. The van der Waals surface area contributed by atoms with E-state index >= 15 is 4.39 Å². The first-order valence-corrected chi connectivity index (χ1v) is 11.6. The molecule has 0 fully saturated rings. The van der Waals surface area contributed by atoms with Gasteiger partial charge in [-0.25, -0.2) is 14.4 Å². The number of hydrogen-bond donors (Lipinski definition) is 4. The van der Waals surface area contributed by atoms with Crippen molar-refractivity contribution in [3.8, 4) is 17.0 Å². The van der Waals surface area contributed by atoms with E-state index in [2.05, 4.69) is 25.7 Å². The maximum absolute atomic E-state index is 15.4. The molecule has 0 saturated carbocycles. The van der Waals surface area contributed by atoms with Crippen molar-refractivity contribution in [2.24, 2.45) is 0 Å². The number of fused-ring (bicyclic) bond motifs is 3. The lowest BCUT2D eigenvalue weighted by atomic mass is 9.93. The normalized spacial score (nSPS) is 17.1. The maximum Gasteiger partial charge on any atom is 0.241 e. The maximum atomic E-state index is 15.4. The average Bonchev–Trinajstić information content (AvgIpc) is 3.13. The number of pyridine rings is 2. The number of ether oxygens (including phenoxy) is 1. The average molecular weight is 490 g/mol. The molecule has 0 spiro atoms. The molecule has 2 aliphatic rings. The lowest BCUT2D eigenvalue weighted by Crippen LogP contribution is -2.26. The number of aromatic nitrogens is 4. The van der Waals surface area contributed by atoms with E-state index < -0.39 is 11.9 Å². The summed E-state index contributed by atoms with van der Waals surface area (Å²) in [4.78, 5) is 20.6. The van der Waals surface area contributed by atoms with Crippen molar-refractivity contribution in [3.63, 3.8) is 0 Å². The Morgan fingerprint density at radius 3 is 2.94 bits per heavy atom. The fraction of sp³-hybridized carbons (Fsp3) is 0.280. The highest BCUT2D eigenvalue weighted by Crippen LogP contribution is 2.38. The van der Waals surface area contributed by atoms with Crippen LogP contribution in [0.3, 0.4) is 0 Å². The number of amides is 1. The Bertz CT molecular complexity index is 1530. The number of nitrogen functional groups attached to an aromatic ring is 1. The smallest absolute Gasteiger partial charge is 0.241 e. The zero-order valence-corrected chi connectivity index (χ0v) is 19.5. The summed E-state index contributed by atoms with van der Waals surface area (Å²) in [5, 5.41) is 21.7. The summed E-state index contributed by atoms with van der Waals surface area (Å²) in [6.07, 6.45) is 3.54. The standard InChI is InChI=1S/C25H24FN7O3/c1-12-16-7-15(34)11-36-25(16)30-8-18(12)17-4-13-5-20(29-9-19(13)24(27)23(17)26)31-21-6-14-2-3-28-22(35)10-33(14)32-21/h4-6,8-9,15,34H,2-3,7,10-11,27H2,1H3,(H,28,35)(H,29,31,32)/t15-/m1/s1. The molecule has 1 atom stereocenters. The van der Waals surface area contributed by atoms with Crippen LogP contribution >= 0.6 is 0 Å². The molecule has 0 radical (unpaired) electrons. The quantitative estimate of drug-likeness (QED) is 0.321. The highest BCUT2D eigenvalue weighted by atomic mass is 19.1. The van der Waals surface area contributed by atoms with Crippen LogP contribution in [0.25, 0.3) is 21.9 Å². The Balaban J connectivity index is 1.38. The van der Waals surface area contributed by atoms with Gasteiger partial charge in [-0.1, -0.05) is 0 Å². The first kappa shape index (κ1) is 22.2. The largest absolute Gasteiger partial charge is 0.475 e. The Morgan fingerprint density at radius 1 is 1.22 bits per heavy atom. The Labute approximate surface area is 205 Å². The van der Waals surface area contributed by atoms with E-state index in [9.17, 15) is 9.90 Å². The lowest BCUT2D eigenvalue weighted by molar-refractivity contribution is -0.121. The van der Waals surface area contributed by atoms with E-state index in [1.807, 2.05) is 13.0 Å². The summed E-state index contributed by atoms with van der Waals surface area (Å²) < 4.78 is 22.6. The van der Waals surface area contributed by atoms with E-state index in [4.69, 9.17) is 10.5 Å². The Morgan fingerprint density at radius 2 is 2.08 bits per heavy atom. The molecule has 5 heterocycles. The van der Waals surface area contributed by atoms with Crippen molar-refractivity contribution < 1.29 is 19.0 Å². The Kier molecular flexibility index (Phi) is 5.22. The summed E-state index contributed by atoms with van der Waals surface area (Å²) >= 11 is 0. The van der Waals surface area contributed by atoms with Crippen LogP contribution in [-0.4, -0.2) is 50.0 Å². The van der Waals surface area contributed by atoms with Crippen molar-refractivity contribution in [3.05, 3.63) is 53.2 Å². The Hall–Kier alpha value is -4.25. The molecule has 11 heteroatoms. The monoisotopic (exact) mass is 489 g/mol. The van der Waals surface area contributed by atoms with Crippen LogP contribution in [0.2, 0.25) is 0 Å². The highest BCUT2D eigenvalue weighted by molar-refractivity contribution is 5.98. The number of carbonyl (C=O) groups is 1. The second-order valence-electron chi connectivity index (χ2n) is 9.10. The molecule has 6 rings (SSSR count). The number of nitrogens with zero attached hydrogens (tertiary/aromatic N) is 4. The number of carbonyl (C=O) groups excluding carboxylic acids is 1. The molecule has 5 N–H and O–H groups in total. The van der Waals surface area contributed by atoms with Gasteiger partial charge < -0.3 is 26.2 Å². The van der Waals surface area contributed by atoms with Crippen LogP contribution in [0, 0.1) is 12.7 Å². The number of benzene rings is 1. The van der Waals surface area contributed by atoms with Gasteiger partial charge in [0.2, 0.25) is 11.8 Å². The predicted molar refractivity (Wildman–Crippen MR) is 132 cm³/mol. The molecule has 184 valence electrons. The van der Waals surface area contributed by atoms with Crippen LogP contribution < -0.4 is 21.1 Å². The molecule has 10 nitrogen and oxygen atoms in total. The third-order valence-corrected chi connectivity index (χ3v) is 6.68. The van der Waals surface area contributed by atoms with Gasteiger partial charge in [0, 0.05) is 65.6 Å². The van der Waals surface area contributed by atoms with E-state index in [0.29, 0.717) is 58.8 Å². The molecule has 0 bridgehead atoms. The molecule has 2 aliphatic heterocycles. The van der Waals surface area contributed by atoms with Crippen molar-refractivity contribution in [2.75, 3.05) is 24.2 Å². The van der Waals surface area contributed by atoms with E-state index in [1.54, 1.807) is 23.0 Å². The van der Waals surface area contributed by atoms with Crippen LogP contribution in [-0.2, 0) is 24.2 Å². The number of nitrogens with one attached hydrogen (secondary N) is 2. The zero-order valence-electron chi connectivity index (χ0n) is 19.5. The third-order valence-electron chi connectivity index (χ3n) is 6.68. The fourth-order valence-electron chi connectivity index (χ4n) is 4.80. The first-order chi connectivity index (χ1) is 17.4. The first-order valence-electron chi connectivity index (χ1n) is 11.6. The molecule has 0 aliphatic carbocycles. The van der Waals surface area contributed by atoms with Gasteiger partial charge in [-0.15, -0.1) is 0 Å². The van der Waals surface area contributed by atoms with E-state index in [0.717, 1.165) is 16.8 Å². The zero-order chi connectivity index (χ0) is 25.0. The summed E-state index contributed by atoms with van der Waals surface area (Å²) in [7, 11) is 0. The van der Waals surface area contributed by atoms with Crippen molar-refractivity contribution in [1.29, 1.82) is 0 Å². The highest BCUT2D eigenvalue weighted by Gasteiger charge is 2.24. The summed E-state index contributed by atoms with van der Waals surface area (Å²) in [5.74, 6) is 0.903. The fourth-order valence-corrected chi connectivity index (χ4v) is 4.80. The van der Waals surface area contributed by atoms with Crippen LogP contribution in [0.1, 0.15) is 16.8 Å². The van der Waals surface area contributed by atoms with Gasteiger partial charge in [-0.05, 0) is 30.0 Å². The van der Waals surface area contributed by atoms with Crippen molar-refractivity contribution in [1.82, 2.24) is 25.1 Å². The van der Waals surface area contributed by atoms with E-state index in [1.165, 1.54) is 6.20 Å². The number of aliphatic hydroxyl groups excluding tert-OH is 1. The molecule has 0 unspecified atom stereocenters. The number of aliphatic hydroxyl groups is 1. The SMILES string of the molecule is Cc1c(-c2cc3cc(Nc4cc5n(n4)CC(=O)NCC5)ncc3c(N)c2F)cnc2c1C[C@@H](O)CO2. The van der Waals surface area contributed by atoms with Gasteiger partial charge in [0.15, 0.2) is 11.6 Å². The minimum Gasteiger partial charge on any atom is -0.475 e. The van der Waals surface area contributed by atoms with Gasteiger partial charge in [-0.2, -0.15) is 5.10 Å². The van der Waals surface area contributed by atoms with Gasteiger partial charge >= 0.3 is 0 Å². The molecule has 4 aromatic rings. The molecular formula is C25H24FN7O3. The second-order valence-corrected chi connectivity index (χ2v) is 9.10. The number of rotatable bonds is 3. The lowest BCUT2D eigenvalue weighted by Gasteiger charge is -2.23. The topological polar surface area (TPSA) is 140 Å². The number of hydrogen-bond acceptors (Lipinski definition) is 8. The predicted octanol–water partition coefficient (Wildman–Crippen LogP) is 2.23. The number of nitrogens with two attached hydrogens (primary N) is 1. The minimum atomic E-state index is -0.633. The van der Waals surface area contributed by atoms with Gasteiger partial charge in [0.25, 0.3) is 0 Å². The summed E-state index contributed by atoms with van der Waals surface area (Å²) in [6.45, 7) is 2.77. The van der Waals surface area contributed by atoms with Crippen molar-refractivity contribution >= 4 is 34.0 Å².